The number of nitrogens with zero attached hydrogens (tertiary/aromatic N) is 2. The van der Waals surface area contributed by atoms with Gasteiger partial charge in [0.2, 0.25) is 0 Å². The number of aromatic nitrogens is 2. The molecule has 2 N–H and O–H groups in total. The number of nitrogens with one attached hydrogen (secondary N) is 2. The van der Waals surface area contributed by atoms with Gasteiger partial charge in [-0.2, -0.15) is 18.3 Å². The molecule has 2 rings (SSSR count). The Bertz CT molecular complexity index is 448. The van der Waals surface area contributed by atoms with Crippen molar-refractivity contribution in [2.24, 2.45) is 7.05 Å². The van der Waals surface area contributed by atoms with Crippen molar-refractivity contribution in [1.29, 1.82) is 0 Å². The first-order valence-electron chi connectivity index (χ1n) is 5.51. The maximum atomic E-state index is 12.4. The van der Waals surface area contributed by atoms with Gasteiger partial charge in [-0.15, -0.1) is 0 Å². The molecule has 0 radical (unpaired) electrons. The minimum atomic E-state index is -4.54. The summed E-state index contributed by atoms with van der Waals surface area (Å²) in [5.41, 5.74) is -1.14. The zero-order chi connectivity index (χ0) is 13.3. The number of amides is 1. The molecule has 1 amide bonds. The Labute approximate surface area is 101 Å². The summed E-state index contributed by atoms with van der Waals surface area (Å²) in [4.78, 5) is 11.8. The minimum Gasteiger partial charge on any atom is -0.347 e. The lowest BCUT2D eigenvalue weighted by Crippen LogP contribution is -2.37. The fourth-order valence-corrected chi connectivity index (χ4v) is 1.86. The second kappa shape index (κ2) is 4.60. The van der Waals surface area contributed by atoms with E-state index < -0.39 is 17.8 Å². The highest BCUT2D eigenvalue weighted by molar-refractivity contribution is 5.92. The van der Waals surface area contributed by atoms with Gasteiger partial charge in [0.15, 0.2) is 5.69 Å². The third-order valence-electron chi connectivity index (χ3n) is 2.80. The van der Waals surface area contributed by atoms with E-state index in [1.165, 1.54) is 7.05 Å². The number of hydrogen-bond donors (Lipinski definition) is 2. The van der Waals surface area contributed by atoms with E-state index in [-0.39, 0.29) is 11.7 Å². The average Bonchev–Trinajstić information content (AvgIpc) is 2.85. The molecule has 1 unspecified atom stereocenters. The van der Waals surface area contributed by atoms with Gasteiger partial charge in [-0.3, -0.25) is 9.48 Å². The summed E-state index contributed by atoms with van der Waals surface area (Å²) in [6.45, 7) is 1.43. The SMILES string of the molecule is Cn1nc(C(F)(F)F)cc1C(=O)NC1CCNC1. The topological polar surface area (TPSA) is 59.0 Å². The van der Waals surface area contributed by atoms with Crippen LogP contribution in [-0.4, -0.2) is 34.8 Å². The minimum absolute atomic E-state index is 0.0401. The quantitative estimate of drug-likeness (QED) is 0.817. The van der Waals surface area contributed by atoms with Crippen molar-refractivity contribution >= 4 is 5.91 Å². The first kappa shape index (κ1) is 12.9. The molecule has 1 aromatic rings. The van der Waals surface area contributed by atoms with Crippen LogP contribution in [0.2, 0.25) is 0 Å². The Hall–Kier alpha value is -1.57. The van der Waals surface area contributed by atoms with Crippen LogP contribution < -0.4 is 10.6 Å². The van der Waals surface area contributed by atoms with Crippen LogP contribution in [0.25, 0.3) is 0 Å². The van der Waals surface area contributed by atoms with E-state index in [2.05, 4.69) is 15.7 Å². The zero-order valence-electron chi connectivity index (χ0n) is 9.71. The third kappa shape index (κ3) is 2.63. The summed E-state index contributed by atoms with van der Waals surface area (Å²) in [7, 11) is 1.32. The van der Waals surface area contributed by atoms with Gasteiger partial charge in [-0.1, -0.05) is 0 Å². The number of aryl methyl sites for hydroxylation is 1. The van der Waals surface area contributed by atoms with Gasteiger partial charge < -0.3 is 10.6 Å². The molecule has 5 nitrogen and oxygen atoms in total. The molecule has 1 saturated heterocycles. The summed E-state index contributed by atoms with van der Waals surface area (Å²) in [6, 6.07) is 0.722. The molecule has 1 aromatic heterocycles. The summed E-state index contributed by atoms with van der Waals surface area (Å²) < 4.78 is 38.2. The van der Waals surface area contributed by atoms with Crippen LogP contribution in [0.5, 0.6) is 0 Å². The van der Waals surface area contributed by atoms with Crippen molar-refractivity contribution in [3.63, 3.8) is 0 Å². The van der Waals surface area contributed by atoms with E-state index in [1.54, 1.807) is 0 Å². The predicted molar refractivity (Wildman–Crippen MR) is 57.0 cm³/mol. The van der Waals surface area contributed by atoms with Crippen molar-refractivity contribution in [2.75, 3.05) is 13.1 Å². The van der Waals surface area contributed by atoms with Crippen molar-refractivity contribution in [3.05, 3.63) is 17.5 Å². The normalized spacial score (nSPS) is 20.1. The lowest BCUT2D eigenvalue weighted by Gasteiger charge is -2.10. The standard InChI is InChI=1S/C10H13F3N4O/c1-17-7(4-8(16-17)10(11,12)13)9(18)15-6-2-3-14-5-6/h4,6,14H,2-3,5H2,1H3,(H,15,18). The van der Waals surface area contributed by atoms with Gasteiger partial charge in [0.1, 0.15) is 5.69 Å². The fraction of sp³-hybridized carbons (Fsp3) is 0.600. The number of halogens is 3. The smallest absolute Gasteiger partial charge is 0.347 e. The summed E-state index contributed by atoms with van der Waals surface area (Å²) in [6.07, 6.45) is -3.76. The van der Waals surface area contributed by atoms with Crippen LogP contribution in [-0.2, 0) is 13.2 Å². The zero-order valence-corrected chi connectivity index (χ0v) is 9.71. The molecule has 1 aliphatic rings. The van der Waals surface area contributed by atoms with E-state index in [1.807, 2.05) is 0 Å². The number of carbonyl (C=O) groups is 1. The van der Waals surface area contributed by atoms with Gasteiger partial charge in [0, 0.05) is 25.7 Å². The van der Waals surface area contributed by atoms with Crippen LogP contribution in [0.1, 0.15) is 22.6 Å². The highest BCUT2D eigenvalue weighted by Crippen LogP contribution is 2.28. The van der Waals surface area contributed by atoms with Crippen molar-refractivity contribution < 1.29 is 18.0 Å². The van der Waals surface area contributed by atoms with Gasteiger partial charge in [0.25, 0.3) is 5.91 Å². The maximum Gasteiger partial charge on any atom is 0.435 e. The molecule has 8 heteroatoms. The fourth-order valence-electron chi connectivity index (χ4n) is 1.86. The lowest BCUT2D eigenvalue weighted by molar-refractivity contribution is -0.141. The lowest BCUT2D eigenvalue weighted by atomic mass is 10.2. The van der Waals surface area contributed by atoms with Crippen molar-refractivity contribution in [2.45, 2.75) is 18.6 Å². The molecular weight excluding hydrogens is 249 g/mol. The van der Waals surface area contributed by atoms with E-state index in [0.717, 1.165) is 23.7 Å². The molecule has 2 heterocycles. The first-order chi connectivity index (χ1) is 8.38. The summed E-state index contributed by atoms with van der Waals surface area (Å²) in [5.74, 6) is -0.533. The number of hydrogen-bond acceptors (Lipinski definition) is 3. The van der Waals surface area contributed by atoms with Crippen LogP contribution in [0.4, 0.5) is 13.2 Å². The van der Waals surface area contributed by atoms with E-state index in [0.29, 0.717) is 6.54 Å². The highest BCUT2D eigenvalue weighted by atomic mass is 19.4. The van der Waals surface area contributed by atoms with Crippen LogP contribution in [0.15, 0.2) is 6.07 Å². The molecule has 0 aromatic carbocycles. The molecule has 0 bridgehead atoms. The van der Waals surface area contributed by atoms with Gasteiger partial charge in [-0.25, -0.2) is 0 Å². The second-order valence-electron chi connectivity index (χ2n) is 4.20. The van der Waals surface area contributed by atoms with Gasteiger partial charge in [-0.05, 0) is 13.0 Å². The second-order valence-corrected chi connectivity index (χ2v) is 4.20. The van der Waals surface area contributed by atoms with Crippen molar-refractivity contribution in [3.8, 4) is 0 Å². The molecule has 1 fully saturated rings. The molecule has 0 spiro atoms. The summed E-state index contributed by atoms with van der Waals surface area (Å²) in [5, 5.41) is 9.02. The average molecular weight is 262 g/mol. The monoisotopic (exact) mass is 262 g/mol. The summed E-state index contributed by atoms with van der Waals surface area (Å²) >= 11 is 0. The van der Waals surface area contributed by atoms with Crippen molar-refractivity contribution in [1.82, 2.24) is 20.4 Å². The van der Waals surface area contributed by atoms with Crippen LogP contribution >= 0.6 is 0 Å². The Morgan fingerprint density at radius 1 is 1.61 bits per heavy atom. The van der Waals surface area contributed by atoms with E-state index in [4.69, 9.17) is 0 Å². The van der Waals surface area contributed by atoms with E-state index in [9.17, 15) is 18.0 Å². The molecule has 1 atom stereocenters. The van der Waals surface area contributed by atoms with Crippen LogP contribution in [0.3, 0.4) is 0 Å². The Morgan fingerprint density at radius 3 is 2.83 bits per heavy atom. The number of rotatable bonds is 2. The number of alkyl halides is 3. The Morgan fingerprint density at radius 2 is 2.33 bits per heavy atom. The molecule has 100 valence electrons. The molecular formula is C10H13F3N4O. The van der Waals surface area contributed by atoms with E-state index >= 15 is 0 Å². The third-order valence-corrected chi connectivity index (χ3v) is 2.80. The Kier molecular flexibility index (Phi) is 3.29. The van der Waals surface area contributed by atoms with Gasteiger partial charge >= 0.3 is 6.18 Å². The first-order valence-corrected chi connectivity index (χ1v) is 5.51. The largest absolute Gasteiger partial charge is 0.435 e. The highest BCUT2D eigenvalue weighted by Gasteiger charge is 2.35. The van der Waals surface area contributed by atoms with Gasteiger partial charge in [0.05, 0.1) is 0 Å². The molecule has 18 heavy (non-hydrogen) atoms. The maximum absolute atomic E-state index is 12.4. The molecule has 0 aliphatic carbocycles. The number of carbonyl (C=O) groups excluding carboxylic acids is 1. The predicted octanol–water partition coefficient (Wildman–Crippen LogP) is 0.531. The Balaban J connectivity index is 2.12. The molecule has 0 saturated carbocycles. The molecule has 1 aliphatic heterocycles. The van der Waals surface area contributed by atoms with Crippen LogP contribution in [0, 0.1) is 0 Å².